The summed E-state index contributed by atoms with van der Waals surface area (Å²) >= 11 is 0. The van der Waals surface area contributed by atoms with Crippen molar-refractivity contribution in [3.05, 3.63) is 29.8 Å². The molecule has 0 fully saturated rings. The second kappa shape index (κ2) is 11.1. The van der Waals surface area contributed by atoms with Crippen LogP contribution in [0.15, 0.2) is 24.3 Å². The van der Waals surface area contributed by atoms with Crippen molar-refractivity contribution in [1.82, 2.24) is 5.32 Å². The fraction of sp³-hybridized carbons (Fsp3) is 0.556. The van der Waals surface area contributed by atoms with Crippen LogP contribution < -0.4 is 10.6 Å². The Morgan fingerprint density at radius 2 is 1.62 bits per heavy atom. The maximum absolute atomic E-state index is 12.5. The number of benzene rings is 1. The number of rotatable bonds is 11. The van der Waals surface area contributed by atoms with Gasteiger partial charge in [0.15, 0.2) is 0 Å². The van der Waals surface area contributed by atoms with E-state index in [9.17, 15) is 14.2 Å². The Morgan fingerprint density at radius 3 is 2.12 bits per heavy atom. The maximum Gasteiger partial charge on any atom is 0.335 e. The largest absolute Gasteiger partial charge is 0.347 e. The molecule has 2 amide bonds. The monoisotopic (exact) mass is 384 g/mol. The molecule has 0 saturated heterocycles. The van der Waals surface area contributed by atoms with E-state index in [4.69, 9.17) is 9.05 Å². The first-order chi connectivity index (χ1) is 12.3. The Hall–Kier alpha value is -1.69. The van der Waals surface area contributed by atoms with Gasteiger partial charge in [0, 0.05) is 12.1 Å². The zero-order valence-corrected chi connectivity index (χ0v) is 16.8. The average molecular weight is 384 g/mol. The number of hydrogen-bond acceptors (Lipinski definition) is 5. The molecule has 0 aliphatic carbocycles. The van der Waals surface area contributed by atoms with E-state index in [0.717, 1.165) is 5.56 Å². The van der Waals surface area contributed by atoms with Gasteiger partial charge in [0.25, 0.3) is 0 Å². The summed E-state index contributed by atoms with van der Waals surface area (Å²) in [5.41, 5.74) is 1.39. The van der Waals surface area contributed by atoms with Gasteiger partial charge in [-0.05, 0) is 37.5 Å². The van der Waals surface area contributed by atoms with E-state index in [0.29, 0.717) is 25.3 Å². The van der Waals surface area contributed by atoms with E-state index >= 15 is 0 Å². The van der Waals surface area contributed by atoms with E-state index in [2.05, 4.69) is 10.6 Å². The Bertz CT molecular complexity index is 621. The van der Waals surface area contributed by atoms with Crippen molar-refractivity contribution in [2.45, 2.75) is 40.3 Å². The van der Waals surface area contributed by atoms with E-state index in [1.807, 2.05) is 13.8 Å². The third kappa shape index (κ3) is 8.61. The lowest BCUT2D eigenvalue weighted by Crippen LogP contribution is -2.33. The van der Waals surface area contributed by atoms with Crippen molar-refractivity contribution in [2.24, 2.45) is 5.92 Å². The van der Waals surface area contributed by atoms with Crippen molar-refractivity contribution < 1.29 is 23.2 Å². The van der Waals surface area contributed by atoms with Crippen LogP contribution in [0.1, 0.15) is 39.7 Å². The van der Waals surface area contributed by atoms with Crippen LogP contribution in [-0.4, -0.2) is 31.6 Å². The first kappa shape index (κ1) is 22.4. The smallest absolute Gasteiger partial charge is 0.335 e. The number of amides is 2. The summed E-state index contributed by atoms with van der Waals surface area (Å²) in [5.74, 6) is -0.202. The Morgan fingerprint density at radius 1 is 1.04 bits per heavy atom. The summed E-state index contributed by atoms with van der Waals surface area (Å²) in [6.07, 6.45) is 0.565. The van der Waals surface area contributed by atoms with Gasteiger partial charge in [-0.1, -0.05) is 26.0 Å². The molecule has 0 aliphatic rings. The Balaban J connectivity index is 2.55. The number of nitrogens with one attached hydrogen (secondary N) is 2. The highest BCUT2D eigenvalue weighted by Gasteiger charge is 2.23. The van der Waals surface area contributed by atoms with Crippen molar-refractivity contribution in [3.63, 3.8) is 0 Å². The van der Waals surface area contributed by atoms with Gasteiger partial charge in [-0.15, -0.1) is 0 Å². The number of carbonyl (C=O) groups excluding carboxylic acids is 2. The number of anilines is 1. The van der Waals surface area contributed by atoms with Crippen molar-refractivity contribution in [1.29, 1.82) is 0 Å². The van der Waals surface area contributed by atoms with E-state index < -0.39 is 7.60 Å². The van der Waals surface area contributed by atoms with Crippen LogP contribution in [0, 0.1) is 5.92 Å². The molecule has 0 unspecified atom stereocenters. The fourth-order valence-corrected chi connectivity index (χ4v) is 3.97. The van der Waals surface area contributed by atoms with Crippen LogP contribution in [0.3, 0.4) is 0 Å². The minimum Gasteiger partial charge on any atom is -0.347 e. The van der Waals surface area contributed by atoms with Crippen molar-refractivity contribution >= 4 is 25.1 Å². The van der Waals surface area contributed by atoms with Crippen LogP contribution in [0.5, 0.6) is 0 Å². The molecule has 0 atom stereocenters. The van der Waals surface area contributed by atoms with Gasteiger partial charge in [-0.25, -0.2) is 0 Å². The zero-order valence-electron chi connectivity index (χ0n) is 15.9. The molecule has 1 aromatic carbocycles. The summed E-state index contributed by atoms with van der Waals surface area (Å²) in [6.45, 7) is 7.97. The molecule has 26 heavy (non-hydrogen) atoms. The second-order valence-electron chi connectivity index (χ2n) is 6.22. The van der Waals surface area contributed by atoms with Crippen LogP contribution in [0.25, 0.3) is 0 Å². The normalized spacial score (nSPS) is 11.4. The predicted molar refractivity (Wildman–Crippen MR) is 102 cm³/mol. The lowest BCUT2D eigenvalue weighted by molar-refractivity contribution is -0.124. The molecule has 1 aromatic rings. The molecule has 0 radical (unpaired) electrons. The number of hydrogen-bond donors (Lipinski definition) is 2. The average Bonchev–Trinajstić information content (AvgIpc) is 2.54. The third-order valence-electron chi connectivity index (χ3n) is 3.31. The van der Waals surface area contributed by atoms with Crippen LogP contribution in [0.4, 0.5) is 5.69 Å². The van der Waals surface area contributed by atoms with Crippen molar-refractivity contribution in [2.75, 3.05) is 25.1 Å². The maximum atomic E-state index is 12.5. The summed E-state index contributed by atoms with van der Waals surface area (Å²) in [4.78, 5) is 23.4. The zero-order chi connectivity index (χ0) is 19.6. The Labute approximate surface area is 155 Å². The van der Waals surface area contributed by atoms with Crippen LogP contribution >= 0.6 is 7.60 Å². The van der Waals surface area contributed by atoms with Gasteiger partial charge < -0.3 is 19.7 Å². The first-order valence-corrected chi connectivity index (χ1v) is 10.5. The molecule has 0 bridgehead atoms. The van der Waals surface area contributed by atoms with Gasteiger partial charge in [0.1, 0.15) is 0 Å². The minimum absolute atomic E-state index is 0.0722. The summed E-state index contributed by atoms with van der Waals surface area (Å²) < 4.78 is 23.1. The number of carbonyl (C=O) groups is 2. The molecule has 7 nitrogen and oxygen atoms in total. The van der Waals surface area contributed by atoms with E-state index in [1.54, 1.807) is 38.1 Å². The van der Waals surface area contributed by atoms with Gasteiger partial charge in [-0.2, -0.15) is 0 Å². The summed E-state index contributed by atoms with van der Waals surface area (Å²) in [7, 11) is -3.15. The molecule has 0 aliphatic heterocycles. The fourth-order valence-electron chi connectivity index (χ4n) is 2.27. The first-order valence-electron chi connectivity index (χ1n) is 8.81. The Kier molecular flexibility index (Phi) is 9.55. The SMILES string of the molecule is CCOP(=O)(Cc1ccc(NC(=O)CNC(=O)CC(C)C)cc1)OCC. The van der Waals surface area contributed by atoms with Gasteiger partial charge in [0.05, 0.1) is 25.9 Å². The van der Waals surface area contributed by atoms with E-state index in [-0.39, 0.29) is 30.4 Å². The van der Waals surface area contributed by atoms with Gasteiger partial charge in [0.2, 0.25) is 11.8 Å². The van der Waals surface area contributed by atoms with Crippen LogP contribution in [-0.2, 0) is 29.4 Å². The topological polar surface area (TPSA) is 93.7 Å². The quantitative estimate of drug-likeness (QED) is 0.569. The lowest BCUT2D eigenvalue weighted by Gasteiger charge is -2.17. The predicted octanol–water partition coefficient (Wildman–Crippen LogP) is 3.55. The van der Waals surface area contributed by atoms with E-state index in [1.165, 1.54) is 0 Å². The van der Waals surface area contributed by atoms with Crippen LogP contribution in [0.2, 0.25) is 0 Å². The minimum atomic E-state index is -3.15. The second-order valence-corrected chi connectivity index (χ2v) is 8.28. The van der Waals surface area contributed by atoms with Gasteiger partial charge in [-0.3, -0.25) is 14.2 Å². The molecular formula is C18H29N2O5P. The molecule has 0 spiro atoms. The summed E-state index contributed by atoms with van der Waals surface area (Å²) in [6, 6.07) is 6.95. The molecule has 0 saturated carbocycles. The molecule has 0 heterocycles. The highest BCUT2D eigenvalue weighted by atomic mass is 31.2. The molecular weight excluding hydrogens is 355 g/mol. The van der Waals surface area contributed by atoms with Crippen molar-refractivity contribution in [3.8, 4) is 0 Å². The standard InChI is InChI=1S/C18H29N2O5P/c1-5-24-26(23,25-6-2)13-15-7-9-16(10-8-15)20-18(22)12-19-17(21)11-14(3)4/h7-10,14H,5-6,11-13H2,1-4H3,(H,19,21)(H,20,22). The molecule has 8 heteroatoms. The molecule has 2 N–H and O–H groups in total. The molecule has 1 rings (SSSR count). The summed E-state index contributed by atoms with van der Waals surface area (Å²) in [5, 5.41) is 5.29. The third-order valence-corrected chi connectivity index (χ3v) is 5.36. The molecule has 146 valence electrons. The highest BCUT2D eigenvalue weighted by molar-refractivity contribution is 7.53. The van der Waals surface area contributed by atoms with Gasteiger partial charge >= 0.3 is 7.60 Å². The molecule has 0 aromatic heterocycles. The highest BCUT2D eigenvalue weighted by Crippen LogP contribution is 2.51. The lowest BCUT2D eigenvalue weighted by atomic mass is 10.1.